The predicted octanol–water partition coefficient (Wildman–Crippen LogP) is 12.4. The minimum absolute atomic E-state index is 0.0983. The second kappa shape index (κ2) is 11.7. The fraction of sp³-hybridized carbons (Fsp3) is 0.209. The number of H-pyrrole nitrogens is 1. The number of benzene rings is 4. The first-order valence-corrected chi connectivity index (χ1v) is 16.5. The van der Waals surface area contributed by atoms with Crippen LogP contribution in [0, 0.1) is 0 Å². The third-order valence-electron chi connectivity index (χ3n) is 9.21. The molecule has 4 aromatic carbocycles. The van der Waals surface area contributed by atoms with E-state index in [-0.39, 0.29) is 16.4 Å². The van der Waals surface area contributed by atoms with Crippen LogP contribution in [0.5, 0.6) is 0 Å². The van der Waals surface area contributed by atoms with E-state index in [2.05, 4.69) is 87.9 Å². The molecule has 0 radical (unpaired) electrons. The summed E-state index contributed by atoms with van der Waals surface area (Å²) in [6, 6.07) is 35.2. The molecular weight excluding hydrogens is 615 g/mol. The van der Waals surface area contributed by atoms with Gasteiger partial charge in [-0.25, -0.2) is 4.98 Å². The van der Waals surface area contributed by atoms with Gasteiger partial charge < -0.3 is 4.98 Å². The molecule has 7 aromatic rings. The molecule has 3 nitrogen and oxygen atoms in total. The number of nitrogens with zero attached hydrogens (tertiary/aromatic N) is 2. The zero-order valence-electron chi connectivity index (χ0n) is 28.5. The zero-order chi connectivity index (χ0) is 34.7. The highest BCUT2D eigenvalue weighted by molar-refractivity contribution is 6.15. The van der Waals surface area contributed by atoms with Crippen LogP contribution in [0.4, 0.5) is 13.2 Å². The van der Waals surface area contributed by atoms with Crippen molar-refractivity contribution in [1.29, 1.82) is 0 Å². The molecule has 6 heteroatoms. The second-order valence-corrected chi connectivity index (χ2v) is 14.8. The number of rotatable bonds is 4. The maximum absolute atomic E-state index is 14.3. The van der Waals surface area contributed by atoms with Crippen LogP contribution >= 0.6 is 0 Å². The van der Waals surface area contributed by atoms with Crippen LogP contribution in [-0.4, -0.2) is 15.0 Å². The highest BCUT2D eigenvalue weighted by Gasteiger charge is 2.35. The zero-order valence-corrected chi connectivity index (χ0v) is 28.5. The van der Waals surface area contributed by atoms with Crippen molar-refractivity contribution in [1.82, 2.24) is 15.0 Å². The standard InChI is InChI=1S/C43H38F3N3/c1-41(2,3)28-20-31-32-21-29(42(4,5)6)23-34(38-24-30(26-14-9-7-10-15-26)35(25-47-38)43(44,45)46)40(32)49-39(31)33(22-28)37-19-13-18-36(48-37)27-16-11-8-12-17-27/h7-25,49H,1-6H3. The topological polar surface area (TPSA) is 41.6 Å². The van der Waals surface area contributed by atoms with E-state index < -0.39 is 11.7 Å². The Kier molecular flexibility index (Phi) is 7.74. The molecular formula is C43H38F3N3. The van der Waals surface area contributed by atoms with Crippen molar-refractivity contribution >= 4 is 21.8 Å². The smallest absolute Gasteiger partial charge is 0.353 e. The minimum atomic E-state index is -4.56. The molecule has 0 amide bonds. The Morgan fingerprint density at radius 1 is 0.510 bits per heavy atom. The molecule has 0 saturated carbocycles. The molecule has 7 rings (SSSR count). The molecule has 0 unspecified atom stereocenters. The Morgan fingerprint density at radius 3 is 1.55 bits per heavy atom. The SMILES string of the molecule is CC(C)(C)c1cc(-c2cc(-c3ccccc3)c(C(F)(F)F)cn2)c2[nH]c3c(-c4cccc(-c5ccccc5)n4)cc(C(C)(C)C)cc3c2c1. The van der Waals surface area contributed by atoms with Gasteiger partial charge in [0, 0.05) is 33.7 Å². The van der Waals surface area contributed by atoms with Crippen molar-refractivity contribution in [3.63, 3.8) is 0 Å². The van der Waals surface area contributed by atoms with Crippen molar-refractivity contribution in [3.8, 4) is 44.9 Å². The van der Waals surface area contributed by atoms with Crippen LogP contribution in [0.25, 0.3) is 66.7 Å². The summed E-state index contributed by atoms with van der Waals surface area (Å²) in [5.74, 6) is 0. The third-order valence-corrected chi connectivity index (χ3v) is 9.21. The Morgan fingerprint density at radius 2 is 1.02 bits per heavy atom. The van der Waals surface area contributed by atoms with Crippen molar-refractivity contribution < 1.29 is 13.2 Å². The maximum atomic E-state index is 14.3. The lowest BCUT2D eigenvalue weighted by Crippen LogP contribution is -2.12. The summed E-state index contributed by atoms with van der Waals surface area (Å²) in [5.41, 5.74) is 8.31. The quantitative estimate of drug-likeness (QED) is 0.205. The predicted molar refractivity (Wildman–Crippen MR) is 196 cm³/mol. The molecule has 0 atom stereocenters. The normalized spacial score (nSPS) is 12.6. The number of aromatic amines is 1. The van der Waals surface area contributed by atoms with Crippen LogP contribution < -0.4 is 0 Å². The number of hydrogen-bond acceptors (Lipinski definition) is 2. The maximum Gasteiger partial charge on any atom is 0.418 e. The molecule has 0 aliphatic carbocycles. The number of fused-ring (bicyclic) bond motifs is 3. The van der Waals surface area contributed by atoms with E-state index in [4.69, 9.17) is 4.98 Å². The molecule has 49 heavy (non-hydrogen) atoms. The van der Waals surface area contributed by atoms with Gasteiger partial charge >= 0.3 is 6.18 Å². The summed E-state index contributed by atoms with van der Waals surface area (Å²) >= 11 is 0. The Balaban J connectivity index is 1.55. The third kappa shape index (κ3) is 6.12. The molecule has 3 aromatic heterocycles. The summed E-state index contributed by atoms with van der Waals surface area (Å²) in [6.45, 7) is 13.0. The molecule has 3 heterocycles. The number of nitrogens with one attached hydrogen (secondary N) is 1. The molecule has 0 aliphatic heterocycles. The first-order valence-electron chi connectivity index (χ1n) is 16.5. The lowest BCUT2D eigenvalue weighted by molar-refractivity contribution is -0.137. The van der Waals surface area contributed by atoms with E-state index in [1.807, 2.05) is 36.4 Å². The van der Waals surface area contributed by atoms with Crippen LogP contribution in [-0.2, 0) is 17.0 Å². The van der Waals surface area contributed by atoms with E-state index in [9.17, 15) is 13.2 Å². The molecule has 0 fully saturated rings. The number of aromatic nitrogens is 3. The molecule has 0 bridgehead atoms. The van der Waals surface area contributed by atoms with Gasteiger partial charge in [-0.3, -0.25) is 4.98 Å². The molecule has 1 N–H and O–H groups in total. The first kappa shape index (κ1) is 32.3. The highest BCUT2D eigenvalue weighted by Crippen LogP contribution is 2.44. The Labute approximate surface area is 284 Å². The Hall–Kier alpha value is -5.23. The summed E-state index contributed by atoms with van der Waals surface area (Å²) in [5, 5.41) is 2.03. The minimum Gasteiger partial charge on any atom is -0.353 e. The van der Waals surface area contributed by atoms with E-state index in [1.54, 1.807) is 36.4 Å². The average Bonchev–Trinajstić information content (AvgIpc) is 3.46. The summed E-state index contributed by atoms with van der Waals surface area (Å²) < 4.78 is 42.9. The van der Waals surface area contributed by atoms with Crippen molar-refractivity contribution in [2.24, 2.45) is 0 Å². The van der Waals surface area contributed by atoms with Crippen LogP contribution in [0.2, 0.25) is 0 Å². The van der Waals surface area contributed by atoms with Gasteiger partial charge in [-0.05, 0) is 75.5 Å². The largest absolute Gasteiger partial charge is 0.418 e. The van der Waals surface area contributed by atoms with Gasteiger partial charge in [0.1, 0.15) is 0 Å². The van der Waals surface area contributed by atoms with Crippen molar-refractivity contribution in [3.05, 3.63) is 132 Å². The summed E-state index contributed by atoms with van der Waals surface area (Å²) in [6.07, 6.45) is -3.59. The molecule has 0 spiro atoms. The molecule has 0 aliphatic rings. The molecule has 0 saturated heterocycles. The van der Waals surface area contributed by atoms with Gasteiger partial charge in [-0.1, -0.05) is 108 Å². The van der Waals surface area contributed by atoms with Gasteiger partial charge in [0.2, 0.25) is 0 Å². The first-order chi connectivity index (χ1) is 23.2. The second-order valence-electron chi connectivity index (χ2n) is 14.8. The van der Waals surface area contributed by atoms with Crippen LogP contribution in [0.1, 0.15) is 58.2 Å². The lowest BCUT2D eigenvalue weighted by atomic mass is 9.83. The number of halogens is 3. The highest BCUT2D eigenvalue weighted by atomic mass is 19.4. The van der Waals surface area contributed by atoms with Gasteiger partial charge in [-0.2, -0.15) is 13.2 Å². The van der Waals surface area contributed by atoms with E-state index in [0.29, 0.717) is 11.3 Å². The van der Waals surface area contributed by atoms with Crippen LogP contribution in [0.15, 0.2) is 115 Å². The van der Waals surface area contributed by atoms with Gasteiger partial charge in [-0.15, -0.1) is 0 Å². The van der Waals surface area contributed by atoms with Crippen molar-refractivity contribution in [2.75, 3.05) is 0 Å². The number of pyridine rings is 2. The van der Waals surface area contributed by atoms with E-state index >= 15 is 0 Å². The van der Waals surface area contributed by atoms with Gasteiger partial charge in [0.25, 0.3) is 0 Å². The van der Waals surface area contributed by atoms with Gasteiger partial charge in [0.15, 0.2) is 0 Å². The fourth-order valence-electron chi connectivity index (χ4n) is 6.41. The fourth-order valence-corrected chi connectivity index (χ4v) is 6.41. The summed E-state index contributed by atoms with van der Waals surface area (Å²) in [4.78, 5) is 13.3. The number of alkyl halides is 3. The molecule has 246 valence electrons. The number of hydrogen-bond donors (Lipinski definition) is 1. The Bertz CT molecular complexity index is 2320. The van der Waals surface area contributed by atoms with Gasteiger partial charge in [0.05, 0.1) is 33.7 Å². The monoisotopic (exact) mass is 653 g/mol. The average molecular weight is 654 g/mol. The summed E-state index contributed by atoms with van der Waals surface area (Å²) in [7, 11) is 0. The van der Waals surface area contributed by atoms with Crippen LogP contribution in [0.3, 0.4) is 0 Å². The van der Waals surface area contributed by atoms with E-state index in [1.165, 1.54) is 0 Å². The van der Waals surface area contributed by atoms with E-state index in [0.717, 1.165) is 67.2 Å². The van der Waals surface area contributed by atoms with Crippen molar-refractivity contribution in [2.45, 2.75) is 58.5 Å². The lowest BCUT2D eigenvalue weighted by Gasteiger charge is -2.22.